The molecular formula is C81H54. The SMILES string of the molecule is CC1(C)c2cc(-c3cc(-c4ccc5c(c4)C(C)(C)c4cc6ccc7cccc8ccc(c4-5)c6c78)cc(-c4ccc5c(c4)C(C)(C)c4cc6ccc7cccc8ccc(c4-5)c6c78)c3)ccc2-c2c1cc1ccc3cccc4ccc2c1c34. The molecule has 0 fully saturated rings. The third-order valence-corrected chi connectivity index (χ3v) is 20.8. The zero-order chi connectivity index (χ0) is 53.7. The van der Waals surface area contributed by atoms with E-state index in [1.807, 2.05) is 0 Å². The molecule has 0 atom stereocenters. The molecule has 378 valence electrons. The van der Waals surface area contributed by atoms with Crippen LogP contribution in [0.1, 0.15) is 74.9 Å². The maximum atomic E-state index is 2.54. The number of hydrogen-bond donors (Lipinski definition) is 0. The molecule has 0 amide bonds. The zero-order valence-electron chi connectivity index (χ0n) is 46.3. The van der Waals surface area contributed by atoms with Gasteiger partial charge in [-0.25, -0.2) is 0 Å². The van der Waals surface area contributed by atoms with Crippen molar-refractivity contribution in [3.05, 3.63) is 252 Å². The van der Waals surface area contributed by atoms with Crippen LogP contribution in [0.3, 0.4) is 0 Å². The number of hydrogen-bond acceptors (Lipinski definition) is 0. The van der Waals surface area contributed by atoms with E-state index in [4.69, 9.17) is 0 Å². The molecule has 0 nitrogen and oxygen atoms in total. The average Bonchev–Trinajstić information content (AvgIpc) is 3.49. The van der Waals surface area contributed by atoms with E-state index in [-0.39, 0.29) is 16.2 Å². The van der Waals surface area contributed by atoms with E-state index in [0.29, 0.717) is 0 Å². The number of fused-ring (bicyclic) bond motifs is 12. The van der Waals surface area contributed by atoms with Crippen molar-refractivity contribution in [1.29, 1.82) is 0 Å². The maximum Gasteiger partial charge on any atom is 0.0159 e. The molecular weight excluding hydrogens is 973 g/mol. The highest BCUT2D eigenvalue weighted by Gasteiger charge is 2.41. The molecule has 0 bridgehead atoms. The molecule has 0 N–H and O–H groups in total. The van der Waals surface area contributed by atoms with Crippen molar-refractivity contribution >= 4 is 97.0 Å². The summed E-state index contributed by atoms with van der Waals surface area (Å²) in [6.45, 7) is 14.7. The van der Waals surface area contributed by atoms with Gasteiger partial charge in [-0.1, -0.05) is 205 Å². The fraction of sp³-hybridized carbons (Fsp3) is 0.111. The van der Waals surface area contributed by atoms with E-state index in [1.54, 1.807) is 0 Å². The van der Waals surface area contributed by atoms with Gasteiger partial charge in [0.15, 0.2) is 0 Å². The lowest BCUT2D eigenvalue weighted by molar-refractivity contribution is 0.661. The smallest absolute Gasteiger partial charge is 0.0159 e. The average molecular weight is 1030 g/mol. The van der Waals surface area contributed by atoms with Crippen molar-refractivity contribution in [2.24, 2.45) is 0 Å². The summed E-state index contributed by atoms with van der Waals surface area (Å²) in [5, 5.41) is 24.2. The Bertz CT molecular complexity index is 4930. The standard InChI is InChI=1S/C81H54/c1-79(2)64-37-49(25-28-58(64)76-61-31-22-46-13-7-10-43-16-19-52(40-67(76)79)73(61)70(43)46)55-34-56(50-26-29-59-65(38-50)80(3,4)68-41-53-20-17-44-11-8-14-47-23-32-62(77(59)68)74(53)71(44)47)36-57(35-55)51-27-30-60-66(39-51)81(5,6)69-42-54-21-18-45-12-9-15-48-24-33-63(78(60)69)75(54)72(45)48/h7-42H,1-6H3. The van der Waals surface area contributed by atoms with Crippen molar-refractivity contribution < 1.29 is 0 Å². The summed E-state index contributed by atoms with van der Waals surface area (Å²) in [5.41, 5.74) is 23.5. The van der Waals surface area contributed by atoms with Crippen LogP contribution in [-0.4, -0.2) is 0 Å². The molecule has 3 aliphatic carbocycles. The van der Waals surface area contributed by atoms with Crippen LogP contribution < -0.4 is 0 Å². The lowest BCUT2D eigenvalue weighted by Crippen LogP contribution is -2.15. The minimum atomic E-state index is -0.201. The van der Waals surface area contributed by atoms with Gasteiger partial charge in [0.2, 0.25) is 0 Å². The highest BCUT2D eigenvalue weighted by molar-refractivity contribution is 6.29. The van der Waals surface area contributed by atoms with Gasteiger partial charge in [-0.05, 0) is 252 Å². The van der Waals surface area contributed by atoms with E-state index in [9.17, 15) is 0 Å². The lowest BCUT2D eigenvalue weighted by Gasteiger charge is -2.24. The first-order valence-corrected chi connectivity index (χ1v) is 29.1. The minimum Gasteiger partial charge on any atom is -0.0610 e. The summed E-state index contributed by atoms with van der Waals surface area (Å²) in [7, 11) is 0. The molecule has 0 unspecified atom stereocenters. The van der Waals surface area contributed by atoms with Gasteiger partial charge >= 0.3 is 0 Å². The number of benzene rings is 16. The molecule has 0 aromatic heterocycles. The molecule has 3 aliphatic rings. The second-order valence-electron chi connectivity index (χ2n) is 25.9. The normalized spacial score (nSPS) is 15.3. The van der Waals surface area contributed by atoms with Crippen LogP contribution >= 0.6 is 0 Å². The van der Waals surface area contributed by atoms with Gasteiger partial charge in [0, 0.05) is 16.2 Å². The van der Waals surface area contributed by atoms with Crippen LogP contribution in [0.2, 0.25) is 0 Å². The Morgan fingerprint density at radius 1 is 0.198 bits per heavy atom. The Morgan fingerprint density at radius 2 is 0.457 bits per heavy atom. The molecule has 0 heteroatoms. The third-order valence-electron chi connectivity index (χ3n) is 20.8. The third kappa shape index (κ3) is 5.52. The Morgan fingerprint density at radius 3 is 0.741 bits per heavy atom. The van der Waals surface area contributed by atoms with Crippen molar-refractivity contribution in [3.8, 4) is 66.8 Å². The van der Waals surface area contributed by atoms with Gasteiger partial charge in [0.1, 0.15) is 0 Å². The lowest BCUT2D eigenvalue weighted by atomic mass is 9.79. The Kier molecular flexibility index (Phi) is 8.08. The Labute approximate surface area is 470 Å². The minimum absolute atomic E-state index is 0.201. The maximum absolute atomic E-state index is 2.54. The van der Waals surface area contributed by atoms with Crippen LogP contribution in [0, 0.1) is 0 Å². The molecule has 0 saturated heterocycles. The first-order chi connectivity index (χ1) is 39.4. The predicted molar refractivity (Wildman–Crippen MR) is 347 cm³/mol. The van der Waals surface area contributed by atoms with E-state index in [1.165, 1.54) is 197 Å². The van der Waals surface area contributed by atoms with E-state index in [2.05, 4.69) is 260 Å². The summed E-state index contributed by atoms with van der Waals surface area (Å²) in [4.78, 5) is 0. The van der Waals surface area contributed by atoms with Gasteiger partial charge in [0.25, 0.3) is 0 Å². The van der Waals surface area contributed by atoms with E-state index < -0.39 is 0 Å². The Balaban J connectivity index is 0.807. The fourth-order valence-electron chi connectivity index (χ4n) is 16.7. The molecule has 0 heterocycles. The van der Waals surface area contributed by atoms with Crippen molar-refractivity contribution in [2.75, 3.05) is 0 Å². The fourth-order valence-corrected chi connectivity index (χ4v) is 16.7. The van der Waals surface area contributed by atoms with Crippen LogP contribution in [0.4, 0.5) is 0 Å². The molecule has 0 spiro atoms. The molecule has 16 aromatic rings. The van der Waals surface area contributed by atoms with Crippen LogP contribution in [0.5, 0.6) is 0 Å². The topological polar surface area (TPSA) is 0 Å². The Hall–Kier alpha value is -9.36. The van der Waals surface area contributed by atoms with Crippen molar-refractivity contribution in [1.82, 2.24) is 0 Å². The van der Waals surface area contributed by atoms with E-state index in [0.717, 1.165) is 0 Å². The zero-order valence-corrected chi connectivity index (χ0v) is 46.3. The van der Waals surface area contributed by atoms with Crippen molar-refractivity contribution in [2.45, 2.75) is 57.8 Å². The summed E-state index contributed by atoms with van der Waals surface area (Å²) in [6.07, 6.45) is 0. The molecule has 0 aliphatic heterocycles. The summed E-state index contributed by atoms with van der Waals surface area (Å²) in [6, 6.07) is 85.5. The van der Waals surface area contributed by atoms with Gasteiger partial charge in [-0.15, -0.1) is 0 Å². The molecule has 0 saturated carbocycles. The number of rotatable bonds is 3. The van der Waals surface area contributed by atoms with Crippen LogP contribution in [0.25, 0.3) is 164 Å². The largest absolute Gasteiger partial charge is 0.0610 e. The van der Waals surface area contributed by atoms with E-state index >= 15 is 0 Å². The quantitative estimate of drug-likeness (QED) is 0.155. The predicted octanol–water partition coefficient (Wildman–Crippen LogP) is 22.3. The second kappa shape index (κ2) is 14.7. The van der Waals surface area contributed by atoms with Crippen LogP contribution in [0.15, 0.2) is 218 Å². The summed E-state index contributed by atoms with van der Waals surface area (Å²) < 4.78 is 0. The first kappa shape index (κ1) is 44.5. The van der Waals surface area contributed by atoms with Crippen LogP contribution in [-0.2, 0) is 16.2 Å². The summed E-state index contributed by atoms with van der Waals surface area (Å²) >= 11 is 0. The van der Waals surface area contributed by atoms with Gasteiger partial charge in [-0.3, -0.25) is 0 Å². The highest BCUT2D eigenvalue weighted by Crippen LogP contribution is 2.58. The second-order valence-corrected chi connectivity index (χ2v) is 25.9. The monoisotopic (exact) mass is 1030 g/mol. The van der Waals surface area contributed by atoms with Crippen molar-refractivity contribution in [3.63, 3.8) is 0 Å². The molecule has 0 radical (unpaired) electrons. The molecule has 16 aromatic carbocycles. The van der Waals surface area contributed by atoms with Gasteiger partial charge in [0.05, 0.1) is 0 Å². The first-order valence-electron chi connectivity index (χ1n) is 29.1. The van der Waals surface area contributed by atoms with Gasteiger partial charge in [-0.2, -0.15) is 0 Å². The highest BCUT2D eigenvalue weighted by atomic mass is 14.4. The molecule has 81 heavy (non-hydrogen) atoms. The summed E-state index contributed by atoms with van der Waals surface area (Å²) in [5.74, 6) is 0. The molecule has 19 rings (SSSR count). The van der Waals surface area contributed by atoms with Gasteiger partial charge < -0.3 is 0 Å².